The molecule has 1 saturated heterocycles. The van der Waals surface area contributed by atoms with Gasteiger partial charge in [0.05, 0.1) is 18.8 Å². The zero-order valence-corrected chi connectivity index (χ0v) is 19.6. The Kier molecular flexibility index (Phi) is 8.35. The van der Waals surface area contributed by atoms with Crippen molar-refractivity contribution in [3.8, 4) is 5.75 Å². The molecule has 0 bridgehead atoms. The quantitative estimate of drug-likeness (QED) is 0.468. The molecule has 2 heterocycles. The first-order valence-corrected chi connectivity index (χ1v) is 11.4. The lowest BCUT2D eigenvalue weighted by molar-refractivity contribution is 0.245. The van der Waals surface area contributed by atoms with Crippen LogP contribution in [-0.4, -0.2) is 55.8 Å². The summed E-state index contributed by atoms with van der Waals surface area (Å²) in [6, 6.07) is 8.74. The third-order valence-electron chi connectivity index (χ3n) is 5.99. The van der Waals surface area contributed by atoms with Crippen LogP contribution in [0.2, 0.25) is 0 Å². The number of rotatable bonds is 9. The maximum absolute atomic E-state index is 5.34. The molecular formula is C24H37N5O2. The molecule has 7 nitrogen and oxygen atoms in total. The number of guanidine groups is 1. The fourth-order valence-corrected chi connectivity index (χ4v) is 4.39. The van der Waals surface area contributed by atoms with Gasteiger partial charge in [-0.05, 0) is 64.4 Å². The molecule has 0 aliphatic carbocycles. The Bertz CT molecular complexity index is 821. The van der Waals surface area contributed by atoms with Gasteiger partial charge in [-0.2, -0.15) is 0 Å². The van der Waals surface area contributed by atoms with E-state index in [0.29, 0.717) is 12.6 Å². The predicted octanol–water partition coefficient (Wildman–Crippen LogP) is 3.80. The largest absolute Gasteiger partial charge is 0.497 e. The standard InChI is InChI=1S/C24H37N5O2/c1-6-25-24(26-15-17(2)23-18(3)28-31-19(23)4)27-16-22(29-13-7-8-14-29)20-9-11-21(30-5)12-10-20/h9-12,17,22H,6-8,13-16H2,1-5H3,(H2,25,26,27). The molecule has 2 N–H and O–H groups in total. The van der Waals surface area contributed by atoms with Gasteiger partial charge in [0, 0.05) is 31.1 Å². The predicted molar refractivity (Wildman–Crippen MR) is 125 cm³/mol. The number of aryl methyl sites for hydroxylation is 2. The minimum absolute atomic E-state index is 0.248. The minimum atomic E-state index is 0.248. The maximum Gasteiger partial charge on any atom is 0.191 e. The zero-order chi connectivity index (χ0) is 22.2. The van der Waals surface area contributed by atoms with E-state index in [1.807, 2.05) is 26.0 Å². The summed E-state index contributed by atoms with van der Waals surface area (Å²) in [6.45, 7) is 12.8. The second-order valence-electron chi connectivity index (χ2n) is 8.27. The van der Waals surface area contributed by atoms with Crippen molar-refractivity contribution in [1.29, 1.82) is 0 Å². The molecule has 31 heavy (non-hydrogen) atoms. The summed E-state index contributed by atoms with van der Waals surface area (Å²) >= 11 is 0. The van der Waals surface area contributed by atoms with Crippen LogP contribution in [0.3, 0.4) is 0 Å². The van der Waals surface area contributed by atoms with E-state index >= 15 is 0 Å². The van der Waals surface area contributed by atoms with Crippen LogP contribution < -0.4 is 15.4 Å². The molecule has 7 heteroatoms. The van der Waals surface area contributed by atoms with Crippen molar-refractivity contribution in [2.75, 3.05) is 39.8 Å². The van der Waals surface area contributed by atoms with Crippen molar-refractivity contribution in [2.24, 2.45) is 4.99 Å². The molecule has 3 rings (SSSR count). The second kappa shape index (κ2) is 11.2. The van der Waals surface area contributed by atoms with Gasteiger partial charge < -0.3 is 19.9 Å². The average molecular weight is 428 g/mol. The first-order chi connectivity index (χ1) is 15.0. The summed E-state index contributed by atoms with van der Waals surface area (Å²) in [5.74, 6) is 2.86. The number of aliphatic imine (C=N–C) groups is 1. The van der Waals surface area contributed by atoms with Crippen molar-refractivity contribution in [1.82, 2.24) is 20.7 Å². The number of ether oxygens (including phenoxy) is 1. The normalized spacial score (nSPS) is 16.9. The highest BCUT2D eigenvalue weighted by Gasteiger charge is 2.24. The molecule has 2 atom stereocenters. The fraction of sp³-hybridized carbons (Fsp3) is 0.583. The van der Waals surface area contributed by atoms with Crippen molar-refractivity contribution in [3.05, 3.63) is 46.8 Å². The number of methoxy groups -OCH3 is 1. The second-order valence-corrected chi connectivity index (χ2v) is 8.27. The number of nitrogens with one attached hydrogen (secondary N) is 2. The van der Waals surface area contributed by atoms with Gasteiger partial charge in [0.25, 0.3) is 0 Å². The monoisotopic (exact) mass is 427 g/mol. The number of aromatic nitrogens is 1. The Morgan fingerprint density at radius 3 is 2.48 bits per heavy atom. The number of hydrogen-bond acceptors (Lipinski definition) is 5. The lowest BCUT2D eigenvalue weighted by Crippen LogP contribution is -2.42. The van der Waals surface area contributed by atoms with Gasteiger partial charge in [-0.1, -0.05) is 24.2 Å². The summed E-state index contributed by atoms with van der Waals surface area (Å²) in [4.78, 5) is 7.42. The summed E-state index contributed by atoms with van der Waals surface area (Å²) in [7, 11) is 1.71. The first kappa shape index (κ1) is 23.1. The summed E-state index contributed by atoms with van der Waals surface area (Å²) in [5, 5.41) is 11.1. The van der Waals surface area contributed by atoms with Crippen LogP contribution in [0.25, 0.3) is 0 Å². The summed E-state index contributed by atoms with van der Waals surface area (Å²) in [6.07, 6.45) is 2.52. The van der Waals surface area contributed by atoms with Crippen molar-refractivity contribution in [2.45, 2.75) is 52.5 Å². The van der Waals surface area contributed by atoms with Crippen molar-refractivity contribution >= 4 is 5.96 Å². The highest BCUT2D eigenvalue weighted by Crippen LogP contribution is 2.26. The minimum Gasteiger partial charge on any atom is -0.497 e. The van der Waals surface area contributed by atoms with Gasteiger partial charge in [0.2, 0.25) is 0 Å². The van der Waals surface area contributed by atoms with E-state index in [1.54, 1.807) is 7.11 Å². The molecule has 0 spiro atoms. The van der Waals surface area contributed by atoms with Gasteiger partial charge in [-0.15, -0.1) is 0 Å². The van der Waals surface area contributed by atoms with E-state index in [4.69, 9.17) is 14.3 Å². The van der Waals surface area contributed by atoms with E-state index in [0.717, 1.165) is 54.9 Å². The van der Waals surface area contributed by atoms with E-state index in [1.165, 1.54) is 18.4 Å². The number of hydrogen-bond donors (Lipinski definition) is 2. The smallest absolute Gasteiger partial charge is 0.191 e. The van der Waals surface area contributed by atoms with Crippen LogP contribution >= 0.6 is 0 Å². The van der Waals surface area contributed by atoms with Crippen molar-refractivity contribution < 1.29 is 9.26 Å². The lowest BCUT2D eigenvalue weighted by Gasteiger charge is -2.29. The average Bonchev–Trinajstić information content (AvgIpc) is 3.42. The topological polar surface area (TPSA) is 74.9 Å². The molecular weight excluding hydrogens is 390 g/mol. The lowest BCUT2D eigenvalue weighted by atomic mass is 10.00. The van der Waals surface area contributed by atoms with Gasteiger partial charge >= 0.3 is 0 Å². The van der Waals surface area contributed by atoms with Crippen LogP contribution in [0.4, 0.5) is 0 Å². The Morgan fingerprint density at radius 2 is 1.90 bits per heavy atom. The highest BCUT2D eigenvalue weighted by molar-refractivity contribution is 5.79. The SMILES string of the molecule is CCNC(=NCC(C)c1c(C)noc1C)NCC(c1ccc(OC)cc1)N1CCCC1. The maximum atomic E-state index is 5.34. The molecule has 1 aromatic heterocycles. The third kappa shape index (κ3) is 6.00. The van der Waals surface area contributed by atoms with Gasteiger partial charge in [0.15, 0.2) is 5.96 Å². The van der Waals surface area contributed by atoms with Crippen LogP contribution in [-0.2, 0) is 0 Å². The molecule has 1 fully saturated rings. The Balaban J connectivity index is 1.69. The third-order valence-corrected chi connectivity index (χ3v) is 5.99. The summed E-state index contributed by atoms with van der Waals surface area (Å²) in [5.41, 5.74) is 3.41. The fourth-order valence-electron chi connectivity index (χ4n) is 4.39. The van der Waals surface area contributed by atoms with Crippen LogP contribution in [0.1, 0.15) is 61.2 Å². The molecule has 0 amide bonds. The Morgan fingerprint density at radius 1 is 1.19 bits per heavy atom. The Labute approximate surface area is 186 Å². The molecule has 0 radical (unpaired) electrons. The Hall–Kier alpha value is -2.54. The van der Waals surface area contributed by atoms with E-state index in [-0.39, 0.29) is 5.92 Å². The molecule has 170 valence electrons. The molecule has 2 aromatic rings. The van der Waals surface area contributed by atoms with Crippen molar-refractivity contribution in [3.63, 3.8) is 0 Å². The van der Waals surface area contributed by atoms with Gasteiger partial charge in [0.1, 0.15) is 11.5 Å². The first-order valence-electron chi connectivity index (χ1n) is 11.4. The van der Waals surface area contributed by atoms with E-state index < -0.39 is 0 Å². The number of benzene rings is 1. The highest BCUT2D eigenvalue weighted by atomic mass is 16.5. The molecule has 2 unspecified atom stereocenters. The zero-order valence-electron chi connectivity index (χ0n) is 19.6. The summed E-state index contributed by atoms with van der Waals surface area (Å²) < 4.78 is 10.7. The van der Waals surface area contributed by atoms with Gasteiger partial charge in [-0.25, -0.2) is 0 Å². The number of likely N-dealkylation sites (tertiary alicyclic amines) is 1. The molecule has 1 aliphatic rings. The van der Waals surface area contributed by atoms with E-state index in [9.17, 15) is 0 Å². The van der Waals surface area contributed by atoms with Crippen LogP contribution in [0, 0.1) is 13.8 Å². The van der Waals surface area contributed by atoms with Crippen LogP contribution in [0.5, 0.6) is 5.75 Å². The molecule has 0 saturated carbocycles. The van der Waals surface area contributed by atoms with Gasteiger partial charge in [-0.3, -0.25) is 9.89 Å². The van der Waals surface area contributed by atoms with E-state index in [2.05, 4.69) is 46.7 Å². The molecule has 1 aromatic carbocycles. The number of nitrogens with zero attached hydrogens (tertiary/aromatic N) is 3. The molecule has 1 aliphatic heterocycles. The van der Waals surface area contributed by atoms with Crippen LogP contribution in [0.15, 0.2) is 33.8 Å².